The molecule has 180 valence electrons. The first-order valence-corrected chi connectivity index (χ1v) is 13.0. The van der Waals surface area contributed by atoms with Crippen LogP contribution in [0.5, 0.6) is 11.5 Å². The number of carbonyl (C=O) groups excluding carboxylic acids is 1. The van der Waals surface area contributed by atoms with Crippen LogP contribution in [-0.4, -0.2) is 42.0 Å². The second-order valence-corrected chi connectivity index (χ2v) is 10.7. The third-order valence-corrected chi connectivity index (χ3v) is 8.07. The monoisotopic (exact) mass is 485 g/mol. The summed E-state index contributed by atoms with van der Waals surface area (Å²) < 4.78 is 6.92. The van der Waals surface area contributed by atoms with E-state index in [0.717, 1.165) is 69.2 Å². The molecule has 0 amide bonds. The molecule has 1 saturated heterocycles. The Morgan fingerprint density at radius 3 is 2.51 bits per heavy atom. The van der Waals surface area contributed by atoms with E-state index in [1.54, 1.807) is 12.1 Å². The number of ether oxygens (including phenoxy) is 1. The van der Waals surface area contributed by atoms with Gasteiger partial charge in [-0.25, -0.2) is 0 Å². The number of carbonyl (C=O) groups is 1. The SMILES string of the molecule is Cc1cccc(C)c1C(=O)c1sc2cc(O)ccc2c1-c1ccc(OCCN2CCC(C)C2)cc1. The lowest BCUT2D eigenvalue weighted by atomic mass is 9.94. The second-order valence-electron chi connectivity index (χ2n) is 9.65. The lowest BCUT2D eigenvalue weighted by molar-refractivity contribution is 0.104. The third kappa shape index (κ3) is 4.84. The lowest BCUT2D eigenvalue weighted by Crippen LogP contribution is -2.25. The number of hydrogen-bond acceptors (Lipinski definition) is 5. The van der Waals surface area contributed by atoms with E-state index in [2.05, 4.69) is 11.8 Å². The van der Waals surface area contributed by atoms with E-state index in [4.69, 9.17) is 4.74 Å². The summed E-state index contributed by atoms with van der Waals surface area (Å²) in [6, 6.07) is 19.3. The number of aryl methyl sites for hydroxylation is 2. The van der Waals surface area contributed by atoms with Crippen molar-refractivity contribution in [2.24, 2.45) is 5.92 Å². The maximum absolute atomic E-state index is 13.8. The van der Waals surface area contributed by atoms with Gasteiger partial charge in [0.15, 0.2) is 0 Å². The van der Waals surface area contributed by atoms with E-state index >= 15 is 0 Å². The van der Waals surface area contributed by atoms with E-state index < -0.39 is 0 Å². The molecular weight excluding hydrogens is 454 g/mol. The number of phenols is 1. The van der Waals surface area contributed by atoms with Crippen LogP contribution in [0.15, 0.2) is 60.7 Å². The number of fused-ring (bicyclic) bond motifs is 1. The number of hydrogen-bond donors (Lipinski definition) is 1. The summed E-state index contributed by atoms with van der Waals surface area (Å²) in [6.45, 7) is 10.2. The molecule has 4 nitrogen and oxygen atoms in total. The third-order valence-electron chi connectivity index (χ3n) is 6.92. The van der Waals surface area contributed by atoms with E-state index in [1.165, 1.54) is 17.8 Å². The zero-order valence-electron chi connectivity index (χ0n) is 20.5. The predicted molar refractivity (Wildman–Crippen MR) is 144 cm³/mol. The van der Waals surface area contributed by atoms with Crippen molar-refractivity contribution in [3.05, 3.63) is 82.2 Å². The topological polar surface area (TPSA) is 49.8 Å². The van der Waals surface area contributed by atoms with Gasteiger partial charge < -0.3 is 9.84 Å². The highest BCUT2D eigenvalue weighted by atomic mass is 32.1. The van der Waals surface area contributed by atoms with Gasteiger partial charge in [0.2, 0.25) is 5.78 Å². The van der Waals surface area contributed by atoms with Crippen molar-refractivity contribution in [1.82, 2.24) is 4.90 Å². The summed E-state index contributed by atoms with van der Waals surface area (Å²) in [6.07, 6.45) is 1.27. The highest BCUT2D eigenvalue weighted by Crippen LogP contribution is 2.42. The second kappa shape index (κ2) is 9.84. The molecule has 0 spiro atoms. The first-order chi connectivity index (χ1) is 16.9. The van der Waals surface area contributed by atoms with Crippen molar-refractivity contribution >= 4 is 27.2 Å². The van der Waals surface area contributed by atoms with Gasteiger partial charge in [-0.1, -0.05) is 37.3 Å². The molecule has 3 aromatic carbocycles. The lowest BCUT2D eigenvalue weighted by Gasteiger charge is -2.15. The van der Waals surface area contributed by atoms with Gasteiger partial charge in [-0.05, 0) is 79.8 Å². The van der Waals surface area contributed by atoms with Crippen LogP contribution in [0.3, 0.4) is 0 Å². The molecule has 0 saturated carbocycles. The van der Waals surface area contributed by atoms with E-state index in [9.17, 15) is 9.90 Å². The van der Waals surface area contributed by atoms with Crippen LogP contribution in [0.4, 0.5) is 0 Å². The standard InChI is InChI=1S/C30H31NO3S/c1-19-13-14-31(18-19)15-16-34-24-10-7-22(8-11-24)28-25-12-9-23(32)17-26(25)35-30(28)29(33)27-20(2)5-4-6-21(27)3/h4-12,17,19,32H,13-16,18H2,1-3H3. The molecule has 0 aliphatic carbocycles. The fraction of sp³-hybridized carbons (Fsp3) is 0.300. The smallest absolute Gasteiger partial charge is 0.204 e. The largest absolute Gasteiger partial charge is 0.508 e. The van der Waals surface area contributed by atoms with Crippen molar-refractivity contribution in [1.29, 1.82) is 0 Å². The average Bonchev–Trinajstić information content (AvgIpc) is 3.42. The van der Waals surface area contributed by atoms with Crippen LogP contribution in [0.2, 0.25) is 0 Å². The molecule has 2 heterocycles. The Hall–Kier alpha value is -3.15. The van der Waals surface area contributed by atoms with Crippen LogP contribution in [-0.2, 0) is 0 Å². The Kier molecular flexibility index (Phi) is 6.63. The predicted octanol–water partition coefficient (Wildman–Crippen LogP) is 6.84. The highest BCUT2D eigenvalue weighted by molar-refractivity contribution is 7.21. The Labute approximate surface area is 210 Å². The van der Waals surface area contributed by atoms with Crippen LogP contribution < -0.4 is 4.74 Å². The number of rotatable bonds is 7. The normalized spacial score (nSPS) is 16.1. The van der Waals surface area contributed by atoms with Gasteiger partial charge in [-0.15, -0.1) is 11.3 Å². The van der Waals surface area contributed by atoms with Crippen LogP contribution in [0.1, 0.15) is 39.7 Å². The van der Waals surface area contributed by atoms with Gasteiger partial charge in [-0.2, -0.15) is 0 Å². The summed E-state index contributed by atoms with van der Waals surface area (Å²) in [5.74, 6) is 1.83. The van der Waals surface area contributed by atoms with Gasteiger partial charge in [0.25, 0.3) is 0 Å². The maximum Gasteiger partial charge on any atom is 0.204 e. The molecule has 1 unspecified atom stereocenters. The number of ketones is 1. The first-order valence-electron chi connectivity index (χ1n) is 12.2. The zero-order chi connectivity index (χ0) is 24.5. The maximum atomic E-state index is 13.8. The van der Waals surface area contributed by atoms with Crippen molar-refractivity contribution in [3.8, 4) is 22.6 Å². The molecule has 4 aromatic rings. The number of nitrogens with zero attached hydrogens (tertiary/aromatic N) is 1. The number of thiophene rings is 1. The number of phenolic OH excluding ortho intramolecular Hbond substituents is 1. The minimum absolute atomic E-state index is 0.0245. The minimum atomic E-state index is 0.0245. The number of aromatic hydroxyl groups is 1. The quantitative estimate of drug-likeness (QED) is 0.291. The molecule has 1 fully saturated rings. The van der Waals surface area contributed by atoms with Gasteiger partial charge in [0, 0.05) is 34.3 Å². The van der Waals surface area contributed by atoms with Crippen molar-refractivity contribution in [2.45, 2.75) is 27.2 Å². The molecule has 0 bridgehead atoms. The van der Waals surface area contributed by atoms with Crippen molar-refractivity contribution in [3.63, 3.8) is 0 Å². The van der Waals surface area contributed by atoms with Gasteiger partial charge in [0.05, 0.1) is 4.88 Å². The van der Waals surface area contributed by atoms with Gasteiger partial charge in [-0.3, -0.25) is 9.69 Å². The van der Waals surface area contributed by atoms with Crippen molar-refractivity contribution < 1.29 is 14.6 Å². The van der Waals surface area contributed by atoms with Gasteiger partial charge >= 0.3 is 0 Å². The summed E-state index contributed by atoms with van der Waals surface area (Å²) in [4.78, 5) is 17.0. The molecule has 0 radical (unpaired) electrons. The molecule has 1 atom stereocenters. The molecule has 5 rings (SSSR count). The zero-order valence-corrected chi connectivity index (χ0v) is 21.3. The fourth-order valence-electron chi connectivity index (χ4n) is 5.06. The van der Waals surface area contributed by atoms with E-state index in [0.29, 0.717) is 11.5 Å². The van der Waals surface area contributed by atoms with Crippen molar-refractivity contribution in [2.75, 3.05) is 26.2 Å². The summed E-state index contributed by atoms with van der Waals surface area (Å²) in [7, 11) is 0. The minimum Gasteiger partial charge on any atom is -0.508 e. The average molecular weight is 486 g/mol. The molecule has 5 heteroatoms. The summed E-state index contributed by atoms with van der Waals surface area (Å²) in [5.41, 5.74) is 4.57. The molecule has 1 aromatic heterocycles. The Morgan fingerprint density at radius 2 is 1.83 bits per heavy atom. The first kappa shape index (κ1) is 23.6. The van der Waals surface area contributed by atoms with Crippen LogP contribution in [0, 0.1) is 19.8 Å². The molecule has 1 aliphatic rings. The molecule has 35 heavy (non-hydrogen) atoms. The Morgan fingerprint density at radius 1 is 1.09 bits per heavy atom. The van der Waals surface area contributed by atoms with Crippen LogP contribution >= 0.6 is 11.3 Å². The van der Waals surface area contributed by atoms with E-state index in [1.807, 2.05) is 62.4 Å². The highest BCUT2D eigenvalue weighted by Gasteiger charge is 2.24. The Balaban J connectivity index is 1.46. The molecular formula is C30H31NO3S. The fourth-order valence-corrected chi connectivity index (χ4v) is 6.26. The summed E-state index contributed by atoms with van der Waals surface area (Å²) in [5, 5.41) is 11.0. The van der Waals surface area contributed by atoms with E-state index in [-0.39, 0.29) is 11.5 Å². The van der Waals surface area contributed by atoms with Gasteiger partial charge in [0.1, 0.15) is 18.1 Å². The molecule has 1 aliphatic heterocycles. The molecule has 1 N–H and O–H groups in total. The van der Waals surface area contributed by atoms with Crippen LogP contribution in [0.25, 0.3) is 21.2 Å². The Bertz CT molecular complexity index is 1350. The summed E-state index contributed by atoms with van der Waals surface area (Å²) >= 11 is 1.44. The number of benzene rings is 3. The number of likely N-dealkylation sites (tertiary alicyclic amines) is 1.